The number of carbonyl (C=O) groups is 2. The third-order valence-corrected chi connectivity index (χ3v) is 8.12. The summed E-state index contributed by atoms with van der Waals surface area (Å²) in [6.45, 7) is -1.03. The number of nitrogens with one attached hydrogen (secondary N) is 2. The van der Waals surface area contributed by atoms with Crippen LogP contribution in [-0.4, -0.2) is 71.2 Å². The molecule has 10 nitrogen and oxygen atoms in total. The number of nitrogens with zero attached hydrogens (tertiary/aromatic N) is 4. The molecule has 0 saturated carbocycles. The Morgan fingerprint density at radius 2 is 1.67 bits per heavy atom. The number of amides is 3. The van der Waals surface area contributed by atoms with Crippen LogP contribution in [0, 0.1) is 0 Å². The molecule has 0 spiro atoms. The van der Waals surface area contributed by atoms with E-state index in [-0.39, 0.29) is 36.2 Å². The van der Waals surface area contributed by atoms with Crippen LogP contribution < -0.4 is 20.6 Å². The zero-order valence-electron chi connectivity index (χ0n) is 24.8. The first-order valence-electron chi connectivity index (χ1n) is 14.7. The van der Waals surface area contributed by atoms with Gasteiger partial charge >= 0.3 is 17.9 Å². The van der Waals surface area contributed by atoms with E-state index in [2.05, 4.69) is 15.3 Å². The number of benzene rings is 3. The molecule has 0 radical (unpaired) electrons. The third-order valence-electron chi connectivity index (χ3n) is 8.12. The highest BCUT2D eigenvalue weighted by molar-refractivity contribution is 6.20. The lowest BCUT2D eigenvalue weighted by Gasteiger charge is -2.33. The molecular weight excluding hydrogens is 601 g/mol. The first kappa shape index (κ1) is 30.7. The second-order valence-electron chi connectivity index (χ2n) is 11.1. The SMILES string of the molecule is COc1cccc(-c2cn(C3CCN(C(=O)N[C@@H]4N=C(c5ccccc5)c5ccccc5N(CC(F)(F)F)C4=O)CC3)c(=O)[nH]2)c1. The smallest absolute Gasteiger partial charge is 0.406 e. The van der Waals surface area contributed by atoms with Gasteiger partial charge in [0.1, 0.15) is 12.3 Å². The zero-order chi connectivity index (χ0) is 32.4. The number of aromatic nitrogens is 2. The molecular formula is C33H31F3N6O4. The number of methoxy groups -OCH3 is 1. The van der Waals surface area contributed by atoms with Crippen molar-refractivity contribution in [1.82, 2.24) is 19.8 Å². The van der Waals surface area contributed by atoms with Crippen molar-refractivity contribution in [2.75, 3.05) is 31.6 Å². The van der Waals surface area contributed by atoms with E-state index in [0.717, 1.165) is 5.56 Å². The fraction of sp³-hybridized carbons (Fsp3) is 0.273. The monoisotopic (exact) mass is 632 g/mol. The number of halogens is 3. The summed E-state index contributed by atoms with van der Waals surface area (Å²) in [6.07, 6.45) is -3.65. The van der Waals surface area contributed by atoms with Gasteiger partial charge < -0.3 is 19.9 Å². The normalized spacial score (nSPS) is 17.3. The largest absolute Gasteiger partial charge is 0.497 e. The van der Waals surface area contributed by atoms with E-state index >= 15 is 0 Å². The second-order valence-corrected chi connectivity index (χ2v) is 11.1. The van der Waals surface area contributed by atoms with Crippen molar-refractivity contribution >= 4 is 23.3 Å². The number of hydrogen-bond donors (Lipinski definition) is 2. The van der Waals surface area contributed by atoms with Gasteiger partial charge in [0.15, 0.2) is 0 Å². The highest BCUT2D eigenvalue weighted by Crippen LogP contribution is 2.31. The average molecular weight is 633 g/mol. The van der Waals surface area contributed by atoms with Crippen LogP contribution in [0.4, 0.5) is 23.7 Å². The van der Waals surface area contributed by atoms with Gasteiger partial charge in [0.2, 0.25) is 6.17 Å². The van der Waals surface area contributed by atoms with Gasteiger partial charge in [-0.3, -0.25) is 14.3 Å². The molecule has 1 aromatic heterocycles. The van der Waals surface area contributed by atoms with Crippen molar-refractivity contribution in [2.45, 2.75) is 31.2 Å². The number of aliphatic imine (C=N–C) groups is 1. The Kier molecular flexibility index (Phi) is 8.39. The minimum atomic E-state index is -4.70. The lowest BCUT2D eigenvalue weighted by molar-refractivity contribution is -0.133. The van der Waals surface area contributed by atoms with Gasteiger partial charge in [-0.1, -0.05) is 60.7 Å². The van der Waals surface area contributed by atoms with E-state index in [9.17, 15) is 27.6 Å². The lowest BCUT2D eigenvalue weighted by atomic mass is 10.0. The Hall–Kier alpha value is -5.33. The van der Waals surface area contributed by atoms with Crippen LogP contribution in [0.25, 0.3) is 11.3 Å². The van der Waals surface area contributed by atoms with Crippen molar-refractivity contribution in [1.29, 1.82) is 0 Å². The van der Waals surface area contributed by atoms with Gasteiger partial charge in [-0.25, -0.2) is 14.6 Å². The molecule has 2 N–H and O–H groups in total. The van der Waals surface area contributed by atoms with E-state index in [1.54, 1.807) is 66.4 Å². The maximum atomic E-state index is 13.7. The first-order chi connectivity index (χ1) is 22.1. The molecule has 0 bridgehead atoms. The van der Waals surface area contributed by atoms with Crippen LogP contribution in [0.3, 0.4) is 0 Å². The first-order valence-corrected chi connectivity index (χ1v) is 14.7. The fourth-order valence-corrected chi connectivity index (χ4v) is 5.87. The van der Waals surface area contributed by atoms with Crippen LogP contribution in [0.2, 0.25) is 0 Å². The van der Waals surface area contributed by atoms with Crippen LogP contribution in [0.1, 0.15) is 30.0 Å². The Bertz CT molecular complexity index is 1830. The topological polar surface area (TPSA) is 112 Å². The molecule has 46 heavy (non-hydrogen) atoms. The highest BCUT2D eigenvalue weighted by atomic mass is 19.4. The van der Waals surface area contributed by atoms with Gasteiger partial charge in [-0.2, -0.15) is 13.2 Å². The number of urea groups is 1. The number of rotatable bonds is 6. The lowest BCUT2D eigenvalue weighted by Crippen LogP contribution is -2.54. The number of anilines is 1. The van der Waals surface area contributed by atoms with E-state index in [1.807, 2.05) is 24.3 Å². The summed E-state index contributed by atoms with van der Waals surface area (Å²) < 4.78 is 48.0. The van der Waals surface area contributed by atoms with Gasteiger partial charge in [0.05, 0.1) is 24.2 Å². The highest BCUT2D eigenvalue weighted by Gasteiger charge is 2.40. The number of aromatic amines is 1. The minimum absolute atomic E-state index is 0.0512. The number of para-hydroxylation sites is 1. The van der Waals surface area contributed by atoms with E-state index in [4.69, 9.17) is 4.74 Å². The number of benzodiazepines with no additional fused rings is 1. The molecule has 1 fully saturated rings. The van der Waals surface area contributed by atoms with Gasteiger partial charge in [0.25, 0.3) is 5.91 Å². The van der Waals surface area contributed by atoms with Gasteiger partial charge in [0, 0.05) is 42.0 Å². The van der Waals surface area contributed by atoms with Crippen molar-refractivity contribution in [2.24, 2.45) is 4.99 Å². The van der Waals surface area contributed by atoms with Crippen LogP contribution in [0.5, 0.6) is 5.75 Å². The maximum Gasteiger partial charge on any atom is 0.406 e. The van der Waals surface area contributed by atoms with E-state index < -0.39 is 30.8 Å². The second kappa shape index (κ2) is 12.6. The molecule has 3 aromatic carbocycles. The van der Waals surface area contributed by atoms with Crippen molar-refractivity contribution < 1.29 is 27.5 Å². The number of carbonyl (C=O) groups excluding carboxylic acids is 2. The van der Waals surface area contributed by atoms with Crippen molar-refractivity contribution in [3.63, 3.8) is 0 Å². The number of piperidine rings is 1. The summed E-state index contributed by atoms with van der Waals surface area (Å²) in [6, 6.07) is 21.5. The number of fused-ring (bicyclic) bond motifs is 1. The van der Waals surface area contributed by atoms with Crippen LogP contribution in [0.15, 0.2) is 94.8 Å². The molecule has 6 rings (SSSR count). The van der Waals surface area contributed by atoms with Crippen molar-refractivity contribution in [3.8, 4) is 17.0 Å². The summed E-state index contributed by atoms with van der Waals surface area (Å²) >= 11 is 0. The Labute approximate surface area is 262 Å². The standard InChI is InChI=1S/C33H31F3N6O4/c1-46-24-11-7-10-22(18-24)26-19-41(32(45)37-26)23-14-16-40(17-15-23)31(44)39-29-30(43)42(20-33(34,35)36)27-13-6-5-12-25(27)28(38-29)21-8-3-2-4-9-21/h2-13,18-19,23,29H,14-17,20H2,1H3,(H,37,45)(H,39,44)/t29-/m0/s1. The Morgan fingerprint density at radius 3 is 2.39 bits per heavy atom. The molecule has 0 aliphatic carbocycles. The molecule has 0 unspecified atom stereocenters. The van der Waals surface area contributed by atoms with Gasteiger partial charge in [-0.15, -0.1) is 0 Å². The predicted octanol–water partition coefficient (Wildman–Crippen LogP) is 4.97. The summed E-state index contributed by atoms with van der Waals surface area (Å²) in [5, 5.41) is 2.59. The maximum absolute atomic E-state index is 13.7. The Balaban J connectivity index is 1.21. The zero-order valence-corrected chi connectivity index (χ0v) is 24.8. The molecule has 3 amide bonds. The van der Waals surface area contributed by atoms with E-state index in [0.29, 0.717) is 40.3 Å². The molecule has 238 valence electrons. The summed E-state index contributed by atoms with van der Waals surface area (Å²) in [7, 11) is 1.56. The number of ether oxygens (including phenoxy) is 1. The summed E-state index contributed by atoms with van der Waals surface area (Å²) in [5.74, 6) is -0.342. The molecule has 1 atom stereocenters. The molecule has 3 heterocycles. The number of H-pyrrole nitrogens is 1. The van der Waals surface area contributed by atoms with Crippen molar-refractivity contribution in [3.05, 3.63) is 107 Å². The number of hydrogen-bond acceptors (Lipinski definition) is 5. The molecule has 13 heteroatoms. The number of alkyl halides is 3. The third kappa shape index (κ3) is 6.39. The molecule has 4 aromatic rings. The summed E-state index contributed by atoms with van der Waals surface area (Å²) in [4.78, 5) is 49.5. The van der Waals surface area contributed by atoms with Crippen LogP contribution in [-0.2, 0) is 4.79 Å². The molecule has 2 aliphatic rings. The Morgan fingerprint density at radius 1 is 0.978 bits per heavy atom. The molecule has 1 saturated heterocycles. The number of imidazole rings is 1. The van der Waals surface area contributed by atoms with Gasteiger partial charge in [-0.05, 0) is 31.0 Å². The predicted molar refractivity (Wildman–Crippen MR) is 166 cm³/mol. The molecule has 2 aliphatic heterocycles. The number of likely N-dealkylation sites (tertiary alicyclic amines) is 1. The average Bonchev–Trinajstić information content (AvgIpc) is 3.42. The van der Waals surface area contributed by atoms with Crippen LogP contribution >= 0.6 is 0 Å². The quantitative estimate of drug-likeness (QED) is 0.313. The van der Waals surface area contributed by atoms with E-state index in [1.165, 1.54) is 11.0 Å². The minimum Gasteiger partial charge on any atom is -0.497 e. The summed E-state index contributed by atoms with van der Waals surface area (Å²) in [5.41, 5.74) is 2.41. The fourth-order valence-electron chi connectivity index (χ4n) is 5.87.